The van der Waals surface area contributed by atoms with Crippen LogP contribution in [0.15, 0.2) is 0 Å². The van der Waals surface area contributed by atoms with Crippen molar-refractivity contribution in [2.24, 2.45) is 0 Å². The molecule has 0 radical (unpaired) electrons. The highest BCUT2D eigenvalue weighted by Gasteiger charge is 1.51. The minimum atomic E-state index is 0.750. The third kappa shape index (κ3) is 515. The molecule has 0 aromatic heterocycles. The fourth-order valence-electron chi connectivity index (χ4n) is 0. The van der Waals surface area contributed by atoms with Gasteiger partial charge >= 0.3 is 0 Å². The number of ether oxygens (including phenoxy) is 1. The van der Waals surface area contributed by atoms with Crippen molar-refractivity contribution in [3.63, 3.8) is 0 Å². The van der Waals surface area contributed by atoms with Gasteiger partial charge in [-0.2, -0.15) is 0 Å². The standard InChI is InChI=1S/C3H8O.CHNO/c1-3-4-2;2-1-3/h3H2,1-2H3;2H. The smallest absolute Gasteiger partial charge is 0.231 e. The third-order valence-electron chi connectivity index (χ3n) is 0.289. The van der Waals surface area contributed by atoms with E-state index < -0.39 is 0 Å². The molecule has 0 bridgehead atoms. The predicted molar refractivity (Wildman–Crippen MR) is 26.0 cm³/mol. The number of rotatable bonds is 1. The van der Waals surface area contributed by atoms with Gasteiger partial charge in [0, 0.05) is 13.7 Å². The number of hydrogen-bond donors (Lipinski definition) is 1. The van der Waals surface area contributed by atoms with Crippen LogP contribution in [0, 0.1) is 5.41 Å². The normalized spacial score (nSPS) is 5.43. The molecule has 7 heavy (non-hydrogen) atoms. The SMILES string of the molecule is CCOC.N=C=O. The Labute approximate surface area is 42.8 Å². The molecule has 0 aromatic rings. The Hall–Kier alpha value is -0.660. The summed E-state index contributed by atoms with van der Waals surface area (Å²) < 4.78 is 4.54. The van der Waals surface area contributed by atoms with Gasteiger partial charge in [0.1, 0.15) is 0 Å². The summed E-state index contributed by atoms with van der Waals surface area (Å²) in [7, 11) is 1.68. The minimum Gasteiger partial charge on any atom is -0.385 e. The molecule has 1 N–H and O–H groups in total. The quantitative estimate of drug-likeness (QED) is 0.389. The van der Waals surface area contributed by atoms with Gasteiger partial charge in [-0.1, -0.05) is 0 Å². The molecule has 0 aromatic carbocycles. The Morgan fingerprint density at radius 1 is 1.86 bits per heavy atom. The third-order valence-corrected chi connectivity index (χ3v) is 0.289. The molecule has 0 rings (SSSR count). The number of nitrogens with one attached hydrogen (secondary N) is 1. The molecule has 0 saturated carbocycles. The van der Waals surface area contributed by atoms with E-state index in [4.69, 9.17) is 10.2 Å². The van der Waals surface area contributed by atoms with Crippen LogP contribution in [0.25, 0.3) is 0 Å². The zero-order chi connectivity index (χ0) is 6.12. The number of hydrogen-bond acceptors (Lipinski definition) is 3. The van der Waals surface area contributed by atoms with Crippen LogP contribution in [-0.2, 0) is 9.53 Å². The van der Waals surface area contributed by atoms with Crippen molar-refractivity contribution >= 4 is 6.08 Å². The summed E-state index contributed by atoms with van der Waals surface area (Å²) in [6, 6.07) is 0. The maximum atomic E-state index is 8.35. The predicted octanol–water partition coefficient (Wildman–Crippen LogP) is 0.554. The average molecular weight is 103 g/mol. The highest BCUT2D eigenvalue weighted by molar-refractivity contribution is 5.26. The van der Waals surface area contributed by atoms with Crippen molar-refractivity contribution in [1.82, 2.24) is 0 Å². The molecule has 0 amide bonds. The molecule has 0 fully saturated rings. The van der Waals surface area contributed by atoms with Crippen LogP contribution in [0.2, 0.25) is 0 Å². The van der Waals surface area contributed by atoms with Gasteiger partial charge in [-0.25, -0.2) is 10.2 Å². The second-order valence-corrected chi connectivity index (χ2v) is 0.679. The number of methoxy groups -OCH3 is 1. The molecule has 0 aliphatic carbocycles. The topological polar surface area (TPSA) is 50.1 Å². The molecule has 0 unspecified atom stereocenters. The average Bonchev–Trinajstić information content (AvgIpc) is 1.69. The molecule has 0 saturated heterocycles. The van der Waals surface area contributed by atoms with E-state index >= 15 is 0 Å². The molecule has 42 valence electrons. The van der Waals surface area contributed by atoms with Gasteiger partial charge in [0.2, 0.25) is 6.08 Å². The van der Waals surface area contributed by atoms with Crippen LogP contribution < -0.4 is 0 Å². The summed E-state index contributed by atoms with van der Waals surface area (Å²) in [5, 5.41) is 5.40. The highest BCUT2D eigenvalue weighted by Crippen LogP contribution is 1.52. The van der Waals surface area contributed by atoms with Gasteiger partial charge < -0.3 is 4.74 Å². The Bertz CT molecular complexity index is 45.7. The van der Waals surface area contributed by atoms with E-state index in [0.717, 1.165) is 12.7 Å². The monoisotopic (exact) mass is 103 g/mol. The summed E-state index contributed by atoms with van der Waals surface area (Å²) in [4.78, 5) is 8.35. The van der Waals surface area contributed by atoms with Crippen LogP contribution in [0.4, 0.5) is 0 Å². The van der Waals surface area contributed by atoms with Gasteiger partial charge in [-0.15, -0.1) is 0 Å². The van der Waals surface area contributed by atoms with E-state index in [2.05, 4.69) is 4.74 Å². The summed E-state index contributed by atoms with van der Waals surface area (Å²) >= 11 is 0. The van der Waals surface area contributed by atoms with Crippen molar-refractivity contribution in [3.05, 3.63) is 0 Å². The number of isocyanates is 1. The fourth-order valence-corrected chi connectivity index (χ4v) is 0. The van der Waals surface area contributed by atoms with Crippen molar-refractivity contribution < 1.29 is 9.53 Å². The van der Waals surface area contributed by atoms with E-state index in [1.54, 1.807) is 7.11 Å². The lowest BCUT2D eigenvalue weighted by atomic mass is 10.9. The van der Waals surface area contributed by atoms with Gasteiger partial charge in [-0.3, -0.25) is 0 Å². The zero-order valence-corrected chi connectivity index (χ0v) is 4.52. The van der Waals surface area contributed by atoms with Crippen LogP contribution in [0.3, 0.4) is 0 Å². The maximum Gasteiger partial charge on any atom is 0.231 e. The van der Waals surface area contributed by atoms with E-state index in [-0.39, 0.29) is 0 Å². The van der Waals surface area contributed by atoms with Crippen LogP contribution in [0.1, 0.15) is 6.92 Å². The molecule has 0 aliphatic rings. The first kappa shape index (κ1) is 9.60. The van der Waals surface area contributed by atoms with Crippen LogP contribution in [-0.4, -0.2) is 19.8 Å². The van der Waals surface area contributed by atoms with Crippen molar-refractivity contribution in [2.45, 2.75) is 6.92 Å². The molecular weight excluding hydrogens is 94.0 g/mol. The summed E-state index contributed by atoms with van der Waals surface area (Å²) in [5.41, 5.74) is 0. The van der Waals surface area contributed by atoms with Crippen molar-refractivity contribution in [2.75, 3.05) is 13.7 Å². The Balaban J connectivity index is 0. The summed E-state index contributed by atoms with van der Waals surface area (Å²) in [5.74, 6) is 0. The van der Waals surface area contributed by atoms with E-state index in [9.17, 15) is 0 Å². The van der Waals surface area contributed by atoms with Crippen LogP contribution in [0.5, 0.6) is 0 Å². The summed E-state index contributed by atoms with van der Waals surface area (Å²) in [6.07, 6.45) is 0.750. The van der Waals surface area contributed by atoms with Crippen molar-refractivity contribution in [3.8, 4) is 0 Å². The molecular formula is C4H9NO2. The lowest BCUT2D eigenvalue weighted by molar-refractivity contribution is 0.215. The molecule has 3 nitrogen and oxygen atoms in total. The Morgan fingerprint density at radius 2 is 2.00 bits per heavy atom. The lowest BCUT2D eigenvalue weighted by Gasteiger charge is -1.76. The molecule has 3 heteroatoms. The maximum absolute atomic E-state index is 8.35. The lowest BCUT2D eigenvalue weighted by Crippen LogP contribution is -1.73. The first-order chi connectivity index (χ1) is 3.33. The van der Waals surface area contributed by atoms with Gasteiger partial charge in [-0.05, 0) is 6.92 Å². The largest absolute Gasteiger partial charge is 0.385 e. The zero-order valence-electron chi connectivity index (χ0n) is 4.52. The van der Waals surface area contributed by atoms with Crippen molar-refractivity contribution in [1.29, 1.82) is 5.41 Å². The highest BCUT2D eigenvalue weighted by atomic mass is 16.5. The molecule has 0 heterocycles. The van der Waals surface area contributed by atoms with E-state index in [1.807, 2.05) is 6.92 Å². The summed E-state index contributed by atoms with van der Waals surface area (Å²) in [6.45, 7) is 2.78. The van der Waals surface area contributed by atoms with Gasteiger partial charge in [0.25, 0.3) is 0 Å². The fraction of sp³-hybridized carbons (Fsp3) is 0.750. The van der Waals surface area contributed by atoms with Gasteiger partial charge in [0.15, 0.2) is 0 Å². The minimum absolute atomic E-state index is 0.750. The first-order valence-corrected chi connectivity index (χ1v) is 1.86. The second-order valence-electron chi connectivity index (χ2n) is 0.679. The first-order valence-electron chi connectivity index (χ1n) is 1.86. The van der Waals surface area contributed by atoms with Gasteiger partial charge in [0.05, 0.1) is 0 Å². The molecule has 0 spiro atoms. The molecule has 0 atom stereocenters. The Kier molecular flexibility index (Phi) is 25.2. The van der Waals surface area contributed by atoms with Crippen LogP contribution >= 0.6 is 0 Å². The molecule has 0 aliphatic heterocycles. The van der Waals surface area contributed by atoms with E-state index in [0.29, 0.717) is 0 Å². The number of carbonyl (C=O) groups excluding carboxylic acids is 1. The second kappa shape index (κ2) is 18.4. The van der Waals surface area contributed by atoms with E-state index in [1.165, 1.54) is 0 Å². The Morgan fingerprint density at radius 3 is 2.00 bits per heavy atom.